The summed E-state index contributed by atoms with van der Waals surface area (Å²) in [5.74, 6) is 2.96. The van der Waals surface area contributed by atoms with Crippen molar-refractivity contribution in [1.82, 2.24) is 10.2 Å². The molecule has 0 aromatic rings. The van der Waals surface area contributed by atoms with E-state index in [0.29, 0.717) is 0 Å². The topological polar surface area (TPSA) is 15.3 Å². The van der Waals surface area contributed by atoms with Gasteiger partial charge in [0.25, 0.3) is 0 Å². The maximum absolute atomic E-state index is 3.64. The van der Waals surface area contributed by atoms with E-state index in [9.17, 15) is 0 Å². The molecule has 0 bridgehead atoms. The van der Waals surface area contributed by atoms with Crippen molar-refractivity contribution in [1.29, 1.82) is 0 Å². The first-order valence-electron chi connectivity index (χ1n) is 9.73. The number of fused-ring (bicyclic) bond motifs is 1. The van der Waals surface area contributed by atoms with Gasteiger partial charge in [0.1, 0.15) is 0 Å². The van der Waals surface area contributed by atoms with Crippen LogP contribution in [0.4, 0.5) is 0 Å². The molecule has 3 rings (SSSR count). The van der Waals surface area contributed by atoms with Gasteiger partial charge < -0.3 is 5.32 Å². The molecule has 0 radical (unpaired) electrons. The van der Waals surface area contributed by atoms with Crippen LogP contribution >= 0.6 is 0 Å². The lowest BCUT2D eigenvalue weighted by molar-refractivity contribution is 0.111. The first kappa shape index (κ1) is 15.8. The zero-order chi connectivity index (χ0) is 14.7. The van der Waals surface area contributed by atoms with Gasteiger partial charge >= 0.3 is 0 Å². The van der Waals surface area contributed by atoms with E-state index < -0.39 is 0 Å². The van der Waals surface area contributed by atoms with Crippen molar-refractivity contribution in [2.45, 2.75) is 83.2 Å². The fourth-order valence-electron chi connectivity index (χ4n) is 5.64. The number of likely N-dealkylation sites (tertiary alicyclic amines) is 1. The monoisotopic (exact) mass is 292 g/mol. The molecule has 5 atom stereocenters. The van der Waals surface area contributed by atoms with E-state index in [1.54, 1.807) is 0 Å². The molecule has 1 saturated heterocycles. The van der Waals surface area contributed by atoms with Crippen molar-refractivity contribution in [3.05, 3.63) is 0 Å². The van der Waals surface area contributed by atoms with Crippen molar-refractivity contribution in [2.24, 2.45) is 17.8 Å². The Hall–Kier alpha value is -0.0800. The van der Waals surface area contributed by atoms with Crippen molar-refractivity contribution in [2.75, 3.05) is 20.1 Å². The molecule has 1 aliphatic heterocycles. The number of nitrogens with one attached hydrogen (secondary N) is 1. The quantitative estimate of drug-likeness (QED) is 0.822. The number of hydrogen-bond donors (Lipinski definition) is 1. The third-order valence-corrected chi connectivity index (χ3v) is 6.75. The SMILES string of the molecule is CCCC1CCC(NC)C(CN2CCC3CCCCC32)C1. The van der Waals surface area contributed by atoms with E-state index in [1.807, 2.05) is 0 Å². The highest BCUT2D eigenvalue weighted by atomic mass is 15.2. The molecule has 5 unspecified atom stereocenters. The van der Waals surface area contributed by atoms with Crippen LogP contribution in [0.15, 0.2) is 0 Å². The second-order valence-electron chi connectivity index (χ2n) is 8.02. The minimum atomic E-state index is 0.778. The van der Waals surface area contributed by atoms with Crippen LogP contribution in [0.5, 0.6) is 0 Å². The lowest BCUT2D eigenvalue weighted by Gasteiger charge is -2.40. The largest absolute Gasteiger partial charge is 0.317 e. The van der Waals surface area contributed by atoms with Crippen molar-refractivity contribution in [3.8, 4) is 0 Å². The molecule has 21 heavy (non-hydrogen) atoms. The molecule has 3 aliphatic rings. The van der Waals surface area contributed by atoms with E-state index in [0.717, 1.165) is 29.8 Å². The van der Waals surface area contributed by atoms with Gasteiger partial charge in [0.05, 0.1) is 0 Å². The minimum absolute atomic E-state index is 0.778. The molecule has 3 fully saturated rings. The van der Waals surface area contributed by atoms with Gasteiger partial charge in [-0.2, -0.15) is 0 Å². The molecule has 0 amide bonds. The highest BCUT2D eigenvalue weighted by molar-refractivity contribution is 4.93. The summed E-state index contributed by atoms with van der Waals surface area (Å²) in [6.07, 6.45) is 14.6. The molecular formula is C19H36N2. The second kappa shape index (κ2) is 7.46. The summed E-state index contributed by atoms with van der Waals surface area (Å²) in [5.41, 5.74) is 0. The van der Waals surface area contributed by atoms with Gasteiger partial charge in [-0.1, -0.05) is 32.6 Å². The Labute approximate surface area is 132 Å². The highest BCUT2D eigenvalue weighted by Gasteiger charge is 2.38. The summed E-state index contributed by atoms with van der Waals surface area (Å²) in [4.78, 5) is 2.90. The fourth-order valence-corrected chi connectivity index (χ4v) is 5.64. The van der Waals surface area contributed by atoms with Gasteiger partial charge in [0, 0.05) is 18.6 Å². The highest BCUT2D eigenvalue weighted by Crippen LogP contribution is 2.39. The van der Waals surface area contributed by atoms with Crippen LogP contribution in [0.2, 0.25) is 0 Å². The Morgan fingerprint density at radius 1 is 1.05 bits per heavy atom. The number of hydrogen-bond acceptors (Lipinski definition) is 2. The third-order valence-electron chi connectivity index (χ3n) is 6.75. The summed E-state index contributed by atoms with van der Waals surface area (Å²) in [5, 5.41) is 3.64. The van der Waals surface area contributed by atoms with E-state index in [-0.39, 0.29) is 0 Å². The summed E-state index contributed by atoms with van der Waals surface area (Å²) in [7, 11) is 2.19. The zero-order valence-electron chi connectivity index (χ0n) is 14.3. The smallest absolute Gasteiger partial charge is 0.0124 e. The van der Waals surface area contributed by atoms with Crippen LogP contribution < -0.4 is 5.32 Å². The molecule has 2 heteroatoms. The molecule has 0 aromatic heterocycles. The van der Waals surface area contributed by atoms with Crippen LogP contribution in [0.3, 0.4) is 0 Å². The van der Waals surface area contributed by atoms with Gasteiger partial charge in [-0.3, -0.25) is 4.90 Å². The molecule has 2 nitrogen and oxygen atoms in total. The Morgan fingerprint density at radius 3 is 2.71 bits per heavy atom. The molecule has 1 N–H and O–H groups in total. The predicted molar refractivity (Wildman–Crippen MR) is 90.5 cm³/mol. The van der Waals surface area contributed by atoms with Crippen LogP contribution in [0.25, 0.3) is 0 Å². The first-order chi connectivity index (χ1) is 10.3. The molecule has 1 heterocycles. The lowest BCUT2D eigenvalue weighted by atomic mass is 9.76. The van der Waals surface area contributed by atoms with Gasteiger partial charge in [-0.15, -0.1) is 0 Å². The van der Waals surface area contributed by atoms with Crippen molar-refractivity contribution >= 4 is 0 Å². The normalized spacial score (nSPS) is 41.1. The predicted octanol–water partition coefficient (Wildman–Crippen LogP) is 4.06. The van der Waals surface area contributed by atoms with E-state index in [2.05, 4.69) is 24.2 Å². The van der Waals surface area contributed by atoms with Crippen LogP contribution in [-0.2, 0) is 0 Å². The maximum Gasteiger partial charge on any atom is 0.0124 e. The lowest BCUT2D eigenvalue weighted by Crippen LogP contribution is -2.46. The number of nitrogens with zero attached hydrogens (tertiary/aromatic N) is 1. The van der Waals surface area contributed by atoms with E-state index >= 15 is 0 Å². The molecule has 2 saturated carbocycles. The van der Waals surface area contributed by atoms with Gasteiger partial charge in [0.15, 0.2) is 0 Å². The zero-order valence-corrected chi connectivity index (χ0v) is 14.3. The van der Waals surface area contributed by atoms with Gasteiger partial charge in [-0.05, 0) is 69.9 Å². The Morgan fingerprint density at radius 2 is 1.90 bits per heavy atom. The van der Waals surface area contributed by atoms with Gasteiger partial charge in [0.2, 0.25) is 0 Å². The summed E-state index contributed by atoms with van der Waals surface area (Å²) in [6.45, 7) is 5.12. The second-order valence-corrected chi connectivity index (χ2v) is 8.02. The molecular weight excluding hydrogens is 256 g/mol. The van der Waals surface area contributed by atoms with E-state index in [1.165, 1.54) is 77.3 Å². The molecule has 0 aromatic carbocycles. The summed E-state index contributed by atoms with van der Waals surface area (Å²) < 4.78 is 0. The Kier molecular flexibility index (Phi) is 5.61. The third kappa shape index (κ3) is 3.64. The van der Waals surface area contributed by atoms with Crippen LogP contribution in [0, 0.1) is 17.8 Å². The van der Waals surface area contributed by atoms with Crippen LogP contribution in [-0.4, -0.2) is 37.1 Å². The number of rotatable bonds is 5. The fraction of sp³-hybridized carbons (Fsp3) is 1.00. The standard InChI is InChI=1S/C19H36N2/c1-3-6-15-9-10-18(20-2)17(13-15)14-21-12-11-16-7-4-5-8-19(16)21/h15-20H,3-14H2,1-2H3. The molecule has 2 aliphatic carbocycles. The van der Waals surface area contributed by atoms with Crippen molar-refractivity contribution < 1.29 is 0 Å². The molecule has 122 valence electrons. The average Bonchev–Trinajstić information content (AvgIpc) is 2.91. The van der Waals surface area contributed by atoms with Crippen molar-refractivity contribution in [3.63, 3.8) is 0 Å². The van der Waals surface area contributed by atoms with Crippen LogP contribution in [0.1, 0.15) is 71.1 Å². The van der Waals surface area contributed by atoms with Gasteiger partial charge in [-0.25, -0.2) is 0 Å². The Balaban J connectivity index is 1.58. The maximum atomic E-state index is 3.64. The minimum Gasteiger partial charge on any atom is -0.317 e. The summed E-state index contributed by atoms with van der Waals surface area (Å²) in [6, 6.07) is 1.73. The molecule has 0 spiro atoms. The average molecular weight is 293 g/mol. The summed E-state index contributed by atoms with van der Waals surface area (Å²) >= 11 is 0. The first-order valence-corrected chi connectivity index (χ1v) is 9.73. The van der Waals surface area contributed by atoms with E-state index in [4.69, 9.17) is 0 Å². The Bertz CT molecular complexity index is 317.